The molecule has 3 atom stereocenters. The van der Waals surface area contributed by atoms with Crippen molar-refractivity contribution in [1.82, 2.24) is 24.8 Å². The molecule has 1 amide bonds. The van der Waals surface area contributed by atoms with Gasteiger partial charge in [0.2, 0.25) is 0 Å². The van der Waals surface area contributed by atoms with Gasteiger partial charge in [0, 0.05) is 36.9 Å². The first kappa shape index (κ1) is 20.1. The Morgan fingerprint density at radius 2 is 2.07 bits per heavy atom. The summed E-state index contributed by atoms with van der Waals surface area (Å²) in [6.07, 6.45) is -3.67. The highest BCUT2D eigenvalue weighted by atomic mass is 19.4. The van der Waals surface area contributed by atoms with E-state index in [1.807, 2.05) is 0 Å². The number of carbonyl (C=O) groups is 1. The number of carbonyl (C=O) groups excluding carboxylic acids is 1. The monoisotopic (exact) mass is 411 g/mol. The van der Waals surface area contributed by atoms with Crippen LogP contribution in [0.25, 0.3) is 5.65 Å². The lowest BCUT2D eigenvalue weighted by atomic mass is 10.0. The molecule has 158 valence electrons. The Bertz CT molecular complexity index is 926. The van der Waals surface area contributed by atoms with Crippen molar-refractivity contribution in [3.05, 3.63) is 29.2 Å². The van der Waals surface area contributed by atoms with Crippen LogP contribution in [0, 0.1) is 12.8 Å². The number of nitrogens with zero attached hydrogens (tertiary/aromatic N) is 4. The van der Waals surface area contributed by atoms with Crippen LogP contribution >= 0.6 is 0 Å². The molecule has 1 N–H and O–H groups in total. The Balaban J connectivity index is 1.49. The first-order valence-electron chi connectivity index (χ1n) is 9.73. The number of rotatable bonds is 3. The van der Waals surface area contributed by atoms with E-state index in [1.54, 1.807) is 0 Å². The second-order valence-electron chi connectivity index (χ2n) is 8.21. The minimum absolute atomic E-state index is 0.000471. The van der Waals surface area contributed by atoms with Crippen LogP contribution in [0.15, 0.2) is 12.1 Å². The standard InChI is InChI=1S/C19H24F3N5O2/c1-10(2)15-8-26-7-12(5-13(26)9-29-15)24-18(28)14-6-17-23-11(3)4-16(19(20,21)22)27(17)25-14/h4,6,10,12-13,15H,5,7-9H2,1-3H3,(H,24,28)/t12-,13-,15-/m0/s1. The van der Waals surface area contributed by atoms with E-state index in [0.717, 1.165) is 19.0 Å². The molecule has 2 aromatic heterocycles. The van der Waals surface area contributed by atoms with E-state index in [9.17, 15) is 18.0 Å². The summed E-state index contributed by atoms with van der Waals surface area (Å²) >= 11 is 0. The molecule has 0 saturated carbocycles. The number of hydrogen-bond donors (Lipinski definition) is 1. The predicted molar refractivity (Wildman–Crippen MR) is 98.5 cm³/mol. The Morgan fingerprint density at radius 3 is 2.76 bits per heavy atom. The molecular formula is C19H24F3N5O2. The summed E-state index contributed by atoms with van der Waals surface area (Å²) in [5.74, 6) is -0.0752. The van der Waals surface area contributed by atoms with Gasteiger partial charge in [-0.05, 0) is 25.3 Å². The van der Waals surface area contributed by atoms with Crippen molar-refractivity contribution in [1.29, 1.82) is 0 Å². The van der Waals surface area contributed by atoms with Crippen LogP contribution in [-0.2, 0) is 10.9 Å². The van der Waals surface area contributed by atoms with Gasteiger partial charge in [-0.25, -0.2) is 9.50 Å². The van der Waals surface area contributed by atoms with Gasteiger partial charge in [0.15, 0.2) is 11.3 Å². The van der Waals surface area contributed by atoms with Gasteiger partial charge in [0.25, 0.3) is 5.91 Å². The molecule has 29 heavy (non-hydrogen) atoms. The van der Waals surface area contributed by atoms with Gasteiger partial charge in [-0.1, -0.05) is 13.8 Å². The Hall–Kier alpha value is -2.20. The molecule has 2 fully saturated rings. The van der Waals surface area contributed by atoms with Gasteiger partial charge in [0.05, 0.1) is 12.7 Å². The fourth-order valence-electron chi connectivity index (χ4n) is 4.08. The van der Waals surface area contributed by atoms with E-state index in [-0.39, 0.29) is 35.2 Å². The normalized spacial score (nSPS) is 25.6. The molecule has 7 nitrogen and oxygen atoms in total. The van der Waals surface area contributed by atoms with E-state index in [2.05, 4.69) is 34.1 Å². The Labute approximate surface area is 166 Å². The van der Waals surface area contributed by atoms with Crippen LogP contribution in [0.3, 0.4) is 0 Å². The van der Waals surface area contributed by atoms with Gasteiger partial charge in [-0.15, -0.1) is 0 Å². The number of morpholine rings is 1. The van der Waals surface area contributed by atoms with E-state index >= 15 is 0 Å². The van der Waals surface area contributed by atoms with Gasteiger partial charge < -0.3 is 10.1 Å². The van der Waals surface area contributed by atoms with E-state index in [0.29, 0.717) is 23.6 Å². The fourth-order valence-corrected chi connectivity index (χ4v) is 4.08. The van der Waals surface area contributed by atoms with Crippen molar-refractivity contribution in [3.8, 4) is 0 Å². The zero-order valence-corrected chi connectivity index (χ0v) is 16.5. The number of aromatic nitrogens is 3. The second-order valence-corrected chi connectivity index (χ2v) is 8.21. The summed E-state index contributed by atoms with van der Waals surface area (Å²) < 4.78 is 46.4. The summed E-state index contributed by atoms with van der Waals surface area (Å²) in [6.45, 7) is 7.86. The highest BCUT2D eigenvalue weighted by molar-refractivity contribution is 5.93. The number of nitrogens with one attached hydrogen (secondary N) is 1. The van der Waals surface area contributed by atoms with Gasteiger partial charge in [0.1, 0.15) is 5.69 Å². The number of amides is 1. The molecule has 2 aliphatic rings. The molecule has 0 spiro atoms. The highest BCUT2D eigenvalue weighted by Crippen LogP contribution is 2.30. The molecule has 0 radical (unpaired) electrons. The lowest BCUT2D eigenvalue weighted by Gasteiger charge is -2.36. The summed E-state index contributed by atoms with van der Waals surface area (Å²) in [4.78, 5) is 19.0. The third kappa shape index (κ3) is 3.95. The molecule has 2 aliphatic heterocycles. The van der Waals surface area contributed by atoms with E-state index in [4.69, 9.17) is 4.74 Å². The number of ether oxygens (including phenoxy) is 1. The second kappa shape index (κ2) is 7.24. The molecule has 10 heteroatoms. The number of hydrogen-bond acceptors (Lipinski definition) is 5. The molecule has 2 saturated heterocycles. The fraction of sp³-hybridized carbons (Fsp3) is 0.632. The zero-order chi connectivity index (χ0) is 20.9. The average Bonchev–Trinajstić information content (AvgIpc) is 3.22. The highest BCUT2D eigenvalue weighted by Gasteiger charge is 2.39. The minimum atomic E-state index is -4.59. The van der Waals surface area contributed by atoms with Crippen molar-refractivity contribution >= 4 is 11.6 Å². The molecule has 0 aromatic carbocycles. The average molecular weight is 411 g/mol. The van der Waals surface area contributed by atoms with E-state index in [1.165, 1.54) is 13.0 Å². The van der Waals surface area contributed by atoms with Crippen molar-refractivity contribution < 1.29 is 22.7 Å². The molecule has 4 rings (SSSR count). The van der Waals surface area contributed by atoms with Gasteiger partial charge >= 0.3 is 6.18 Å². The minimum Gasteiger partial charge on any atom is -0.375 e. The lowest BCUT2D eigenvalue weighted by molar-refractivity contribution is -0.142. The third-order valence-corrected chi connectivity index (χ3v) is 5.60. The van der Waals surface area contributed by atoms with Crippen molar-refractivity contribution in [2.24, 2.45) is 5.92 Å². The van der Waals surface area contributed by atoms with E-state index < -0.39 is 17.8 Å². The van der Waals surface area contributed by atoms with Crippen LogP contribution in [0.1, 0.15) is 42.1 Å². The maximum Gasteiger partial charge on any atom is 0.433 e. The third-order valence-electron chi connectivity index (χ3n) is 5.60. The quantitative estimate of drug-likeness (QED) is 0.839. The largest absolute Gasteiger partial charge is 0.433 e. The summed E-state index contributed by atoms with van der Waals surface area (Å²) in [7, 11) is 0. The van der Waals surface area contributed by atoms with Crippen LogP contribution < -0.4 is 5.32 Å². The van der Waals surface area contributed by atoms with Crippen LogP contribution in [-0.4, -0.2) is 63.3 Å². The number of halogens is 3. The SMILES string of the molecule is Cc1cc(C(F)(F)F)n2nc(C(=O)N[C@H]3C[C@H]4CO[C@H](C(C)C)CN4C3)cc2n1. The maximum atomic E-state index is 13.3. The van der Waals surface area contributed by atoms with Crippen LogP contribution in [0.5, 0.6) is 0 Å². The van der Waals surface area contributed by atoms with Crippen molar-refractivity contribution in [3.63, 3.8) is 0 Å². The topological polar surface area (TPSA) is 71.8 Å². The predicted octanol–water partition coefficient (Wildman–Crippen LogP) is 2.28. The van der Waals surface area contributed by atoms with Crippen LogP contribution in [0.2, 0.25) is 0 Å². The molecular weight excluding hydrogens is 387 g/mol. The summed E-state index contributed by atoms with van der Waals surface area (Å²) in [5, 5.41) is 6.78. The molecule has 0 unspecified atom stereocenters. The zero-order valence-electron chi connectivity index (χ0n) is 16.5. The molecule has 0 bridgehead atoms. The number of alkyl halides is 3. The number of fused-ring (bicyclic) bond motifs is 2. The summed E-state index contributed by atoms with van der Waals surface area (Å²) in [5.41, 5.74) is -0.813. The van der Waals surface area contributed by atoms with Crippen LogP contribution in [0.4, 0.5) is 13.2 Å². The Morgan fingerprint density at radius 1 is 1.31 bits per heavy atom. The van der Waals surface area contributed by atoms with Crippen molar-refractivity contribution in [2.75, 3.05) is 19.7 Å². The summed E-state index contributed by atoms with van der Waals surface area (Å²) in [6, 6.07) is 2.36. The molecule has 4 heterocycles. The molecule has 0 aliphatic carbocycles. The van der Waals surface area contributed by atoms with Gasteiger partial charge in [-0.3, -0.25) is 9.69 Å². The first-order chi connectivity index (χ1) is 13.6. The van der Waals surface area contributed by atoms with Crippen molar-refractivity contribution in [2.45, 2.75) is 51.6 Å². The first-order valence-corrected chi connectivity index (χ1v) is 9.73. The lowest BCUT2D eigenvalue weighted by Crippen LogP contribution is -2.48. The Kier molecular flexibility index (Phi) is 5.02. The smallest absolute Gasteiger partial charge is 0.375 e. The van der Waals surface area contributed by atoms with Gasteiger partial charge in [-0.2, -0.15) is 18.3 Å². The number of aryl methyl sites for hydroxylation is 1. The maximum absolute atomic E-state index is 13.3. The molecule has 2 aromatic rings.